The Morgan fingerprint density at radius 3 is 2.84 bits per heavy atom. The van der Waals surface area contributed by atoms with Crippen molar-refractivity contribution in [2.45, 2.75) is 51.0 Å². The number of nitrogens with two attached hydrogens (primary N) is 1. The largest absolute Gasteiger partial charge is 0.469 e. The summed E-state index contributed by atoms with van der Waals surface area (Å²) in [7, 11) is 1.36. The van der Waals surface area contributed by atoms with Crippen LogP contribution in [-0.4, -0.2) is 23.2 Å². The van der Waals surface area contributed by atoms with E-state index in [2.05, 4.69) is 21.8 Å². The Hall–Kier alpha value is -1.43. The molecule has 0 spiro atoms. The quantitative estimate of drug-likeness (QED) is 0.832. The highest BCUT2D eigenvalue weighted by molar-refractivity contribution is 5.69. The van der Waals surface area contributed by atoms with E-state index >= 15 is 0 Å². The Kier molecular flexibility index (Phi) is 4.19. The molecule has 1 aliphatic rings. The van der Waals surface area contributed by atoms with Crippen LogP contribution in [0, 0.1) is 5.92 Å². The first kappa shape index (κ1) is 14.0. The van der Waals surface area contributed by atoms with Gasteiger partial charge in [0.1, 0.15) is 0 Å². The molecule has 1 heterocycles. The number of methoxy groups -OCH3 is 1. The molecule has 2 N–H and O–H groups in total. The third-order valence-electron chi connectivity index (χ3n) is 3.85. The van der Waals surface area contributed by atoms with Crippen LogP contribution >= 0.6 is 0 Å². The second-order valence-corrected chi connectivity index (χ2v) is 5.43. The molecule has 0 atom stereocenters. The Labute approximate surface area is 112 Å². The van der Waals surface area contributed by atoms with E-state index in [1.165, 1.54) is 7.11 Å². The highest BCUT2D eigenvalue weighted by atomic mass is 16.5. The summed E-state index contributed by atoms with van der Waals surface area (Å²) in [6.45, 7) is 2.23. The van der Waals surface area contributed by atoms with Gasteiger partial charge in [-0.15, -0.1) is 0 Å². The Morgan fingerprint density at radius 2 is 2.21 bits per heavy atom. The van der Waals surface area contributed by atoms with Crippen molar-refractivity contribution in [1.82, 2.24) is 10.1 Å². The monoisotopic (exact) mass is 267 g/mol. The zero-order valence-corrected chi connectivity index (χ0v) is 11.5. The number of aromatic nitrogens is 2. The van der Waals surface area contributed by atoms with Crippen LogP contribution in [0.15, 0.2) is 4.52 Å². The zero-order chi connectivity index (χ0) is 13.9. The Bertz CT molecular complexity index is 436. The van der Waals surface area contributed by atoms with Crippen molar-refractivity contribution in [3.63, 3.8) is 0 Å². The summed E-state index contributed by atoms with van der Waals surface area (Å²) in [5.41, 5.74) is 5.89. The average molecular weight is 267 g/mol. The van der Waals surface area contributed by atoms with Gasteiger partial charge in [-0.2, -0.15) is 4.98 Å². The molecule has 0 bridgehead atoms. The van der Waals surface area contributed by atoms with Crippen LogP contribution in [0.2, 0.25) is 0 Å². The number of hydrogen-bond acceptors (Lipinski definition) is 6. The smallest absolute Gasteiger partial charge is 0.306 e. The summed E-state index contributed by atoms with van der Waals surface area (Å²) in [5, 5.41) is 3.98. The molecule has 6 heteroatoms. The molecular weight excluding hydrogens is 246 g/mol. The van der Waals surface area contributed by atoms with Crippen LogP contribution in [0.25, 0.3) is 0 Å². The van der Waals surface area contributed by atoms with Gasteiger partial charge in [-0.3, -0.25) is 4.79 Å². The first-order valence-electron chi connectivity index (χ1n) is 6.72. The summed E-state index contributed by atoms with van der Waals surface area (Å²) in [6, 6.07) is 0. The second-order valence-electron chi connectivity index (χ2n) is 5.43. The van der Waals surface area contributed by atoms with Crippen molar-refractivity contribution in [3.8, 4) is 0 Å². The van der Waals surface area contributed by atoms with Gasteiger partial charge in [-0.1, -0.05) is 12.1 Å². The Balaban J connectivity index is 1.98. The minimum atomic E-state index is -0.473. The third-order valence-corrected chi connectivity index (χ3v) is 3.85. The summed E-state index contributed by atoms with van der Waals surface area (Å²) < 4.78 is 9.73. The number of ether oxygens (including phenoxy) is 1. The first-order valence-corrected chi connectivity index (χ1v) is 6.72. The molecule has 1 fully saturated rings. The number of hydrogen-bond donors (Lipinski definition) is 1. The molecule has 1 aromatic rings. The fourth-order valence-electron chi connectivity index (χ4n) is 2.37. The standard InChI is InChI=1S/C13H21N3O3/c1-9-5-7-13(14,8-6-9)12-15-10(19-16-12)3-4-11(17)18-2/h9H,3-8,14H2,1-2H3. The van der Waals surface area contributed by atoms with E-state index in [0.717, 1.165) is 25.7 Å². The molecule has 106 valence electrons. The van der Waals surface area contributed by atoms with Gasteiger partial charge >= 0.3 is 5.97 Å². The molecule has 0 aliphatic heterocycles. The van der Waals surface area contributed by atoms with Crippen molar-refractivity contribution >= 4 is 5.97 Å². The van der Waals surface area contributed by atoms with Crippen LogP contribution in [0.3, 0.4) is 0 Å². The maximum absolute atomic E-state index is 11.1. The molecule has 1 aliphatic carbocycles. The van der Waals surface area contributed by atoms with Crippen molar-refractivity contribution < 1.29 is 14.1 Å². The van der Waals surface area contributed by atoms with E-state index in [4.69, 9.17) is 10.3 Å². The van der Waals surface area contributed by atoms with Crippen molar-refractivity contribution in [2.75, 3.05) is 7.11 Å². The van der Waals surface area contributed by atoms with Gasteiger partial charge in [-0.05, 0) is 31.6 Å². The summed E-state index contributed by atoms with van der Waals surface area (Å²) in [6.07, 6.45) is 4.57. The molecule has 19 heavy (non-hydrogen) atoms. The van der Waals surface area contributed by atoms with Gasteiger partial charge < -0.3 is 15.0 Å². The van der Waals surface area contributed by atoms with Gasteiger partial charge in [0, 0.05) is 6.42 Å². The van der Waals surface area contributed by atoms with E-state index in [1.54, 1.807) is 0 Å². The average Bonchev–Trinajstić information content (AvgIpc) is 2.89. The molecule has 0 unspecified atom stereocenters. The van der Waals surface area contributed by atoms with Gasteiger partial charge in [-0.25, -0.2) is 0 Å². The zero-order valence-electron chi connectivity index (χ0n) is 11.5. The normalized spacial score (nSPS) is 27.2. The van der Waals surface area contributed by atoms with E-state index in [0.29, 0.717) is 24.1 Å². The molecule has 1 saturated carbocycles. The van der Waals surface area contributed by atoms with Crippen molar-refractivity contribution in [3.05, 3.63) is 11.7 Å². The molecule has 2 rings (SSSR count). The van der Waals surface area contributed by atoms with Crippen LogP contribution in [0.4, 0.5) is 0 Å². The number of rotatable bonds is 4. The van der Waals surface area contributed by atoms with E-state index in [1.807, 2.05) is 0 Å². The minimum absolute atomic E-state index is 0.243. The van der Waals surface area contributed by atoms with E-state index in [-0.39, 0.29) is 12.4 Å². The maximum atomic E-state index is 11.1. The van der Waals surface area contributed by atoms with Crippen LogP contribution < -0.4 is 5.73 Å². The molecule has 1 aromatic heterocycles. The predicted molar refractivity (Wildman–Crippen MR) is 68.1 cm³/mol. The second kappa shape index (κ2) is 5.69. The molecule has 0 radical (unpaired) electrons. The molecular formula is C13H21N3O3. The lowest BCUT2D eigenvalue weighted by Gasteiger charge is -2.33. The first-order chi connectivity index (χ1) is 9.03. The molecule has 0 amide bonds. The fourth-order valence-corrected chi connectivity index (χ4v) is 2.37. The maximum Gasteiger partial charge on any atom is 0.306 e. The Morgan fingerprint density at radius 1 is 1.53 bits per heavy atom. The lowest BCUT2D eigenvalue weighted by atomic mass is 9.77. The topological polar surface area (TPSA) is 91.2 Å². The van der Waals surface area contributed by atoms with E-state index < -0.39 is 5.54 Å². The highest BCUT2D eigenvalue weighted by Crippen LogP contribution is 2.35. The minimum Gasteiger partial charge on any atom is -0.469 e. The number of aryl methyl sites for hydroxylation is 1. The third kappa shape index (κ3) is 3.32. The van der Waals surface area contributed by atoms with E-state index in [9.17, 15) is 4.79 Å². The number of esters is 1. The van der Waals surface area contributed by atoms with Gasteiger partial charge in [0.15, 0.2) is 5.82 Å². The van der Waals surface area contributed by atoms with Crippen LogP contribution in [-0.2, 0) is 21.5 Å². The van der Waals surface area contributed by atoms with Gasteiger partial charge in [0.2, 0.25) is 5.89 Å². The van der Waals surface area contributed by atoms with Crippen molar-refractivity contribution in [2.24, 2.45) is 11.7 Å². The van der Waals surface area contributed by atoms with Crippen LogP contribution in [0.5, 0.6) is 0 Å². The number of nitrogens with zero attached hydrogens (tertiary/aromatic N) is 2. The number of carbonyl (C=O) groups is 1. The molecule has 0 aromatic carbocycles. The summed E-state index contributed by atoms with van der Waals surface area (Å²) in [5.74, 6) is 1.44. The fraction of sp³-hybridized carbons (Fsp3) is 0.769. The summed E-state index contributed by atoms with van der Waals surface area (Å²) >= 11 is 0. The highest BCUT2D eigenvalue weighted by Gasteiger charge is 2.36. The molecule has 0 saturated heterocycles. The number of carbonyl (C=O) groups excluding carboxylic acids is 1. The lowest BCUT2D eigenvalue weighted by Crippen LogP contribution is -2.41. The molecule has 6 nitrogen and oxygen atoms in total. The summed E-state index contributed by atoms with van der Waals surface area (Å²) in [4.78, 5) is 15.4. The van der Waals surface area contributed by atoms with Crippen molar-refractivity contribution in [1.29, 1.82) is 0 Å². The van der Waals surface area contributed by atoms with Gasteiger partial charge in [0.25, 0.3) is 0 Å². The van der Waals surface area contributed by atoms with Crippen LogP contribution in [0.1, 0.15) is 50.7 Å². The lowest BCUT2D eigenvalue weighted by molar-refractivity contribution is -0.140. The SMILES string of the molecule is COC(=O)CCc1nc(C2(N)CCC(C)CC2)no1. The van der Waals surface area contributed by atoms with Gasteiger partial charge in [0.05, 0.1) is 19.1 Å². The predicted octanol–water partition coefficient (Wildman–Crippen LogP) is 1.54.